The van der Waals surface area contributed by atoms with Crippen LogP contribution in [0.5, 0.6) is 0 Å². The maximum atomic E-state index is 12.2. The highest BCUT2D eigenvalue weighted by molar-refractivity contribution is 6.20. The number of hydrogen-bond donors (Lipinski definition) is 1. The van der Waals surface area contributed by atoms with Gasteiger partial charge >= 0.3 is 5.97 Å². The molecule has 2 rings (SSSR count). The first kappa shape index (κ1) is 13.9. The van der Waals surface area contributed by atoms with Crippen molar-refractivity contribution in [2.24, 2.45) is 5.16 Å². The van der Waals surface area contributed by atoms with Gasteiger partial charge in [-0.1, -0.05) is 12.1 Å². The van der Waals surface area contributed by atoms with Crippen LogP contribution in [0.2, 0.25) is 0 Å². The van der Waals surface area contributed by atoms with Crippen LogP contribution in [0.15, 0.2) is 16.5 Å². The lowest BCUT2D eigenvalue weighted by atomic mass is 9.90. The molecule has 1 saturated carbocycles. The van der Waals surface area contributed by atoms with Gasteiger partial charge in [-0.3, -0.25) is 0 Å². The predicted molar refractivity (Wildman–Crippen MR) is 70.9 cm³/mol. The fourth-order valence-corrected chi connectivity index (χ4v) is 2.81. The van der Waals surface area contributed by atoms with Crippen molar-refractivity contribution in [2.45, 2.75) is 58.0 Å². The number of oxime groups is 1. The van der Waals surface area contributed by atoms with E-state index >= 15 is 0 Å². The van der Waals surface area contributed by atoms with Gasteiger partial charge in [0.25, 0.3) is 0 Å². The number of carbonyl (C=O) groups excluding carboxylic acids is 1. The molecule has 19 heavy (non-hydrogen) atoms. The number of esters is 1. The molecule has 5 heteroatoms. The number of ether oxygens (including phenoxy) is 1. The first-order valence-electron chi connectivity index (χ1n) is 6.96. The van der Waals surface area contributed by atoms with Gasteiger partial charge in [-0.2, -0.15) is 0 Å². The van der Waals surface area contributed by atoms with Crippen molar-refractivity contribution < 1.29 is 19.5 Å². The van der Waals surface area contributed by atoms with Crippen LogP contribution in [-0.2, 0) is 14.4 Å². The van der Waals surface area contributed by atoms with E-state index in [1.807, 2.05) is 13.8 Å². The first-order chi connectivity index (χ1) is 9.12. The highest BCUT2D eigenvalue weighted by Crippen LogP contribution is 2.42. The molecule has 0 bridgehead atoms. The highest BCUT2D eigenvalue weighted by atomic mass is 16.6. The van der Waals surface area contributed by atoms with E-state index in [1.54, 1.807) is 0 Å². The molecule has 0 aromatic heterocycles. The van der Waals surface area contributed by atoms with E-state index in [0.717, 1.165) is 25.7 Å². The van der Waals surface area contributed by atoms with Gasteiger partial charge in [0.2, 0.25) is 0 Å². The summed E-state index contributed by atoms with van der Waals surface area (Å²) in [6.45, 7) is 4.11. The summed E-state index contributed by atoms with van der Waals surface area (Å²) in [4.78, 5) is 17.1. The van der Waals surface area contributed by atoms with Gasteiger partial charge in [-0.25, -0.2) is 4.79 Å². The average Bonchev–Trinajstić information content (AvgIpc) is 2.80. The molecular weight excluding hydrogens is 246 g/mol. The van der Waals surface area contributed by atoms with Crippen molar-refractivity contribution in [3.63, 3.8) is 0 Å². The van der Waals surface area contributed by atoms with Gasteiger partial charge in [0.15, 0.2) is 0 Å². The number of hydrogen-bond acceptors (Lipinski definition) is 5. The van der Waals surface area contributed by atoms with E-state index in [0.29, 0.717) is 25.2 Å². The molecule has 5 nitrogen and oxygen atoms in total. The molecule has 0 saturated heterocycles. The van der Waals surface area contributed by atoms with Crippen molar-refractivity contribution in [1.82, 2.24) is 0 Å². The summed E-state index contributed by atoms with van der Waals surface area (Å²) in [5.74, 6) is -0.371. The van der Waals surface area contributed by atoms with Gasteiger partial charge < -0.3 is 14.7 Å². The zero-order chi connectivity index (χ0) is 13.9. The van der Waals surface area contributed by atoms with Gasteiger partial charge in [0, 0.05) is 6.42 Å². The monoisotopic (exact) mass is 267 g/mol. The van der Waals surface area contributed by atoms with Crippen LogP contribution in [0, 0.1) is 0 Å². The maximum absolute atomic E-state index is 12.2. The quantitative estimate of drug-likeness (QED) is 0.483. The minimum absolute atomic E-state index is 0.0958. The summed E-state index contributed by atoms with van der Waals surface area (Å²) in [6, 6.07) is 0. The van der Waals surface area contributed by atoms with E-state index in [1.165, 1.54) is 0 Å². The zero-order valence-corrected chi connectivity index (χ0v) is 11.6. The van der Waals surface area contributed by atoms with Gasteiger partial charge in [-0.15, -0.1) is 0 Å². The molecule has 0 amide bonds. The Morgan fingerprint density at radius 3 is 2.63 bits per heavy atom. The van der Waals surface area contributed by atoms with Crippen molar-refractivity contribution in [3.8, 4) is 0 Å². The SMILES string of the molecule is CCON=C(CC)C1=C(O)CC2(CCCC2)OC1=O. The van der Waals surface area contributed by atoms with E-state index < -0.39 is 11.6 Å². The summed E-state index contributed by atoms with van der Waals surface area (Å²) >= 11 is 0. The van der Waals surface area contributed by atoms with Crippen LogP contribution in [-0.4, -0.2) is 29.0 Å². The molecule has 106 valence electrons. The second-order valence-electron chi connectivity index (χ2n) is 5.09. The van der Waals surface area contributed by atoms with Crippen LogP contribution < -0.4 is 0 Å². The Bertz CT molecular complexity index is 419. The Labute approximate surface area is 113 Å². The summed E-state index contributed by atoms with van der Waals surface area (Å²) < 4.78 is 5.59. The summed E-state index contributed by atoms with van der Waals surface area (Å²) in [7, 11) is 0. The number of carbonyl (C=O) groups is 1. The lowest BCUT2D eigenvalue weighted by Crippen LogP contribution is -2.39. The van der Waals surface area contributed by atoms with Crippen LogP contribution in [0.1, 0.15) is 52.4 Å². The number of aliphatic hydroxyl groups excluding tert-OH is 1. The van der Waals surface area contributed by atoms with Gasteiger partial charge in [0.1, 0.15) is 23.5 Å². The smallest absolute Gasteiger partial charge is 0.344 e. The molecule has 1 aliphatic carbocycles. The van der Waals surface area contributed by atoms with E-state index in [-0.39, 0.29) is 11.3 Å². The summed E-state index contributed by atoms with van der Waals surface area (Å²) in [6.07, 6.45) is 4.67. The second-order valence-corrected chi connectivity index (χ2v) is 5.09. The lowest BCUT2D eigenvalue weighted by Gasteiger charge is -2.33. The molecule has 0 atom stereocenters. The number of nitrogens with zero attached hydrogens (tertiary/aromatic N) is 1. The Morgan fingerprint density at radius 2 is 2.11 bits per heavy atom. The molecule has 0 aromatic rings. The molecule has 0 aromatic carbocycles. The molecule has 1 heterocycles. The second kappa shape index (κ2) is 5.63. The highest BCUT2D eigenvalue weighted by Gasteiger charge is 2.44. The van der Waals surface area contributed by atoms with Crippen LogP contribution in [0.25, 0.3) is 0 Å². The van der Waals surface area contributed by atoms with Gasteiger partial charge in [-0.05, 0) is 39.0 Å². The third-order valence-corrected chi connectivity index (χ3v) is 3.73. The normalized spacial score (nSPS) is 22.8. The zero-order valence-electron chi connectivity index (χ0n) is 11.6. The third-order valence-electron chi connectivity index (χ3n) is 3.73. The fourth-order valence-electron chi connectivity index (χ4n) is 2.81. The van der Waals surface area contributed by atoms with Crippen molar-refractivity contribution >= 4 is 11.7 Å². The summed E-state index contributed by atoms with van der Waals surface area (Å²) in [5, 5.41) is 14.1. The fraction of sp³-hybridized carbons (Fsp3) is 0.714. The molecule has 0 radical (unpaired) electrons. The van der Waals surface area contributed by atoms with Gasteiger partial charge in [0.05, 0.1) is 5.71 Å². The van der Waals surface area contributed by atoms with Crippen LogP contribution >= 0.6 is 0 Å². The molecule has 1 fully saturated rings. The minimum Gasteiger partial charge on any atom is -0.511 e. The largest absolute Gasteiger partial charge is 0.511 e. The summed E-state index contributed by atoms with van der Waals surface area (Å²) in [5.41, 5.74) is 0.167. The van der Waals surface area contributed by atoms with Crippen LogP contribution in [0.3, 0.4) is 0 Å². The van der Waals surface area contributed by atoms with E-state index in [4.69, 9.17) is 9.57 Å². The van der Waals surface area contributed by atoms with Crippen molar-refractivity contribution in [3.05, 3.63) is 11.3 Å². The third kappa shape index (κ3) is 2.74. The Balaban J connectivity index is 2.26. The van der Waals surface area contributed by atoms with Crippen LogP contribution in [0.4, 0.5) is 0 Å². The minimum atomic E-state index is -0.477. The Morgan fingerprint density at radius 1 is 1.42 bits per heavy atom. The van der Waals surface area contributed by atoms with Crippen molar-refractivity contribution in [2.75, 3.05) is 6.61 Å². The van der Waals surface area contributed by atoms with E-state index in [9.17, 15) is 9.90 Å². The predicted octanol–water partition coefficient (Wildman–Crippen LogP) is 2.86. The number of rotatable bonds is 4. The average molecular weight is 267 g/mol. The molecule has 1 N–H and O–H groups in total. The Kier molecular flexibility index (Phi) is 4.12. The molecule has 1 aliphatic heterocycles. The molecular formula is C14H21NO4. The number of aliphatic hydroxyl groups is 1. The Hall–Kier alpha value is -1.52. The maximum Gasteiger partial charge on any atom is 0.344 e. The lowest BCUT2D eigenvalue weighted by molar-refractivity contribution is -0.157. The standard InChI is InChI=1S/C14H21NO4/c1-3-10(15-18-4-2)12-11(16)9-14(19-13(12)17)7-5-6-8-14/h16H,3-9H2,1-2H3. The van der Waals surface area contributed by atoms with Crippen molar-refractivity contribution in [1.29, 1.82) is 0 Å². The molecule has 2 aliphatic rings. The topological polar surface area (TPSA) is 68.1 Å². The molecule has 0 unspecified atom stereocenters. The first-order valence-corrected chi connectivity index (χ1v) is 6.96. The molecule has 1 spiro atoms. The van der Waals surface area contributed by atoms with E-state index in [2.05, 4.69) is 5.16 Å².